The molecule has 3 aliphatic heterocycles. The smallest absolute Gasteiger partial charge is 0.303 e. The normalized spacial score (nSPS) is 24.3. The molecule has 3 heterocycles. The summed E-state index contributed by atoms with van der Waals surface area (Å²) in [5, 5.41) is 27.8. The first-order valence-corrected chi connectivity index (χ1v) is 32.1. The van der Waals surface area contributed by atoms with E-state index in [0.29, 0.717) is 11.1 Å². The van der Waals surface area contributed by atoms with Gasteiger partial charge in [-0.05, 0) is 48.9 Å². The number of carbonyl (C=O) groups excluding carboxylic acids is 14. The Labute approximate surface area is 547 Å². The van der Waals surface area contributed by atoms with Gasteiger partial charge in [0.2, 0.25) is 59.1 Å². The monoisotopic (exact) mass is 1360 g/mol. The highest BCUT2D eigenvalue weighted by Crippen LogP contribution is 2.31. The number of aromatic hydroxyl groups is 1. The van der Waals surface area contributed by atoms with Crippen molar-refractivity contribution in [1.29, 1.82) is 0 Å². The highest BCUT2D eigenvalue weighted by molar-refractivity contribution is 8.76. The molecule has 0 radical (unpaired) electrons. The number of nitrogens with two attached hydrogens (primary N) is 4. The van der Waals surface area contributed by atoms with Crippen LogP contribution in [0.25, 0.3) is 0 Å². The van der Waals surface area contributed by atoms with Gasteiger partial charge in [-0.3, -0.25) is 72.1 Å². The molecule has 94 heavy (non-hydrogen) atoms. The summed E-state index contributed by atoms with van der Waals surface area (Å²) in [5.74, 6) is -14.2. The first kappa shape index (κ1) is 75.4. The van der Waals surface area contributed by atoms with Crippen LogP contribution in [0.5, 0.6) is 5.75 Å². The SMILES string of the molecule is CC(=O)OC[C@@H]1O[C@@H](OC[C@@H]2NC(=O)[C@H](Cc3ccccc3)NC(=O)[C@H](Cc3ccc(O)cc3)NC(=O)CCSSC[C@@H](C(=O)N3CCC[C@H]3C(=O)N[C@@H](CCCN=C(N)N)C(=O)NCC(N)=O)NC(=O)[C@H](CC(N)=O)NC2=O)[C@@H](OC(C)=O)[C@@H](OC(C)=O)[C@H]1OC(C)=O. The molecule has 0 saturated carbocycles. The summed E-state index contributed by atoms with van der Waals surface area (Å²) in [5.41, 5.74) is 22.7. The van der Waals surface area contributed by atoms with E-state index in [1.54, 1.807) is 30.3 Å². The van der Waals surface area contributed by atoms with Crippen molar-refractivity contribution in [1.82, 2.24) is 42.1 Å². The maximum atomic E-state index is 15.0. The van der Waals surface area contributed by atoms with Crippen LogP contribution >= 0.6 is 21.6 Å². The Kier molecular flexibility index (Phi) is 30.0. The molecule has 5 rings (SSSR count). The molecule has 16 N–H and O–H groups in total. The Bertz CT molecular complexity index is 3090. The van der Waals surface area contributed by atoms with E-state index < -0.39 is 182 Å². The van der Waals surface area contributed by atoms with Crippen molar-refractivity contribution in [2.24, 2.45) is 27.9 Å². The van der Waals surface area contributed by atoms with E-state index in [4.69, 9.17) is 51.4 Å². The van der Waals surface area contributed by atoms with Crippen molar-refractivity contribution in [2.45, 2.75) is 152 Å². The third-order valence-electron chi connectivity index (χ3n) is 14.2. The molecular formula is C58H79N13O21S2. The third-order valence-corrected chi connectivity index (χ3v) is 16.6. The number of carbonyl (C=O) groups is 14. The van der Waals surface area contributed by atoms with Crippen molar-refractivity contribution in [3.8, 4) is 5.75 Å². The van der Waals surface area contributed by atoms with Crippen LogP contribution < -0.4 is 60.2 Å². The van der Waals surface area contributed by atoms with Gasteiger partial charge in [0.25, 0.3) is 0 Å². The van der Waals surface area contributed by atoms with Gasteiger partial charge in [-0.1, -0.05) is 64.1 Å². The summed E-state index contributed by atoms with van der Waals surface area (Å²) in [6.45, 7) is 1.60. The van der Waals surface area contributed by atoms with Gasteiger partial charge >= 0.3 is 23.9 Å². The second-order valence-corrected chi connectivity index (χ2v) is 24.4. The molecule has 3 fully saturated rings. The molecule has 0 spiro atoms. The second-order valence-electron chi connectivity index (χ2n) is 21.7. The van der Waals surface area contributed by atoms with Crippen LogP contribution in [0, 0.1) is 0 Å². The van der Waals surface area contributed by atoms with Gasteiger partial charge in [-0.2, -0.15) is 0 Å². The number of ether oxygens (including phenoxy) is 6. The molecule has 34 nitrogen and oxygen atoms in total. The molecule has 10 amide bonds. The summed E-state index contributed by atoms with van der Waals surface area (Å²) < 4.78 is 33.9. The van der Waals surface area contributed by atoms with Crippen LogP contribution in [0.4, 0.5) is 0 Å². The standard InChI is InChI=1S/C58H79N13O21S2/c1-29(72)87-27-43-47(89-30(2)73)48(90-31(3)74)49(91-32(4)75)57(92-43)88-26-40-54(84)68-39(24-44(59)77)53(83)70-41(56(86)71-20-9-13-42(71)55(85)66-36(12-8-19-63-58(61)62)50(80)64-25-45(60)78)28-94-93-21-18-46(79)65-37(23-34-14-16-35(76)17-15-34)51(81)67-38(52(82)69-40)22-33-10-6-5-7-11-33/h5-7,10-11,14-17,36-43,47-49,57,76H,8-9,12-13,18-28H2,1-4H3,(H2,59,77)(H2,60,78)(H,64,80)(H,65,79)(H,66,85)(H,67,81)(H,68,84)(H,69,82)(H,70,83)(H4,61,62,63)/t36-,37-,38-,39-,40-,41-,42-,43-,47-,48-,49-,57+/m0/s1. The topological polar surface area (TPSA) is 518 Å². The molecule has 2 aromatic carbocycles. The summed E-state index contributed by atoms with van der Waals surface area (Å²) >= 11 is 0. The van der Waals surface area contributed by atoms with Crippen LogP contribution in [0.2, 0.25) is 0 Å². The molecule has 0 aromatic heterocycles. The minimum atomic E-state index is -2.07. The minimum Gasteiger partial charge on any atom is -0.508 e. The van der Waals surface area contributed by atoms with Gasteiger partial charge < -0.3 is 98.6 Å². The lowest BCUT2D eigenvalue weighted by Crippen LogP contribution is -2.64. The fourth-order valence-corrected chi connectivity index (χ4v) is 12.1. The van der Waals surface area contributed by atoms with E-state index in [9.17, 15) is 62.6 Å². The molecule has 514 valence electrons. The predicted octanol–water partition coefficient (Wildman–Crippen LogP) is -4.51. The van der Waals surface area contributed by atoms with Crippen LogP contribution in [0.3, 0.4) is 0 Å². The molecule has 0 bridgehead atoms. The van der Waals surface area contributed by atoms with Crippen LogP contribution in [0.1, 0.15) is 77.3 Å². The number of rotatable bonds is 24. The Hall–Kier alpha value is -9.29. The van der Waals surface area contributed by atoms with E-state index in [-0.39, 0.29) is 81.3 Å². The fourth-order valence-electron chi connectivity index (χ4n) is 9.92. The van der Waals surface area contributed by atoms with Gasteiger partial charge in [0.15, 0.2) is 30.6 Å². The Morgan fingerprint density at radius 1 is 0.691 bits per heavy atom. The van der Waals surface area contributed by atoms with E-state index in [2.05, 4.69) is 42.2 Å². The molecule has 12 atom stereocenters. The van der Waals surface area contributed by atoms with Crippen molar-refractivity contribution in [2.75, 3.05) is 44.4 Å². The molecule has 0 unspecified atom stereocenters. The molecular weight excluding hydrogens is 1280 g/mol. The van der Waals surface area contributed by atoms with Crippen molar-refractivity contribution < 1.29 is 101 Å². The second kappa shape index (κ2) is 37.4. The summed E-state index contributed by atoms with van der Waals surface area (Å²) in [6, 6.07) is 2.68. The number of hydrogen-bond acceptors (Lipinski definition) is 24. The molecule has 3 aliphatic rings. The van der Waals surface area contributed by atoms with E-state index in [0.717, 1.165) is 54.2 Å². The number of likely N-dealkylation sites (tertiary alicyclic amines) is 1. The number of primary amides is 2. The maximum absolute atomic E-state index is 15.0. The number of esters is 4. The maximum Gasteiger partial charge on any atom is 0.303 e. The summed E-state index contributed by atoms with van der Waals surface area (Å²) in [7, 11) is 2.06. The molecule has 0 aliphatic carbocycles. The third kappa shape index (κ3) is 25.0. The number of nitrogens with zero attached hydrogens (tertiary/aromatic N) is 2. The average molecular weight is 1360 g/mol. The lowest BCUT2D eigenvalue weighted by Gasteiger charge is -2.44. The van der Waals surface area contributed by atoms with E-state index in [1.165, 1.54) is 24.3 Å². The van der Waals surface area contributed by atoms with Crippen LogP contribution in [0.15, 0.2) is 59.6 Å². The molecule has 36 heteroatoms. The Balaban J connectivity index is 1.59. The molecule has 2 aromatic rings. The summed E-state index contributed by atoms with van der Waals surface area (Å²) in [4.78, 5) is 195. The number of amides is 10. The predicted molar refractivity (Wildman–Crippen MR) is 332 cm³/mol. The van der Waals surface area contributed by atoms with Gasteiger partial charge in [-0.25, -0.2) is 0 Å². The zero-order valence-electron chi connectivity index (χ0n) is 51.9. The lowest BCUT2D eigenvalue weighted by molar-refractivity contribution is -0.308. The van der Waals surface area contributed by atoms with Gasteiger partial charge in [0, 0.05) is 71.6 Å². The quantitative estimate of drug-likeness (QED) is 0.0118. The van der Waals surface area contributed by atoms with E-state index in [1.807, 2.05) is 0 Å². The number of phenols is 1. The number of hydrogen-bond donors (Lipinski definition) is 12. The first-order valence-electron chi connectivity index (χ1n) is 29.6. The van der Waals surface area contributed by atoms with E-state index >= 15 is 9.59 Å². The van der Waals surface area contributed by atoms with Crippen LogP contribution in [-0.4, -0.2) is 216 Å². The number of nitrogens with one attached hydrogen (secondary N) is 7. The average Bonchev–Trinajstić information content (AvgIpc) is 1.10. The fraction of sp³-hybridized carbons (Fsp3) is 0.534. The Morgan fingerprint density at radius 3 is 1.89 bits per heavy atom. The Morgan fingerprint density at radius 2 is 1.28 bits per heavy atom. The lowest BCUT2D eigenvalue weighted by atomic mass is 9.98. The highest BCUT2D eigenvalue weighted by Gasteiger charge is 2.53. The molecule has 3 saturated heterocycles. The minimum absolute atomic E-state index is 0.0381. The van der Waals surface area contributed by atoms with Gasteiger partial charge in [0.1, 0.15) is 60.8 Å². The number of phenolic OH excluding ortho intramolecular Hbond substituents is 1. The van der Waals surface area contributed by atoms with Gasteiger partial charge in [-0.15, -0.1) is 0 Å². The largest absolute Gasteiger partial charge is 0.508 e. The number of guanidine groups is 1. The van der Waals surface area contributed by atoms with Crippen molar-refractivity contribution >= 4 is 110 Å². The zero-order chi connectivity index (χ0) is 69.2. The zero-order valence-corrected chi connectivity index (χ0v) is 53.5. The van der Waals surface area contributed by atoms with Crippen LogP contribution in [-0.2, 0) is 108 Å². The number of benzene rings is 2. The van der Waals surface area contributed by atoms with Gasteiger partial charge in [0.05, 0.1) is 19.6 Å². The summed E-state index contributed by atoms with van der Waals surface area (Å²) in [6.07, 6.45) is -10.1. The first-order chi connectivity index (χ1) is 44.6. The highest BCUT2D eigenvalue weighted by atomic mass is 33.1. The van der Waals surface area contributed by atoms with Crippen molar-refractivity contribution in [3.05, 3.63) is 65.7 Å². The number of aliphatic imine (C=N–C) groups is 1. The van der Waals surface area contributed by atoms with Crippen molar-refractivity contribution in [3.63, 3.8) is 0 Å².